The summed E-state index contributed by atoms with van der Waals surface area (Å²) in [6.07, 6.45) is 0.663. The third-order valence-corrected chi connectivity index (χ3v) is 4.40. The summed E-state index contributed by atoms with van der Waals surface area (Å²) in [6.45, 7) is 1.87. The van der Waals surface area contributed by atoms with E-state index < -0.39 is 0 Å². The Labute approximate surface area is 131 Å². The third kappa shape index (κ3) is 2.19. The van der Waals surface area contributed by atoms with E-state index in [2.05, 4.69) is 20.6 Å². The molecule has 1 aliphatic carbocycles. The molecule has 2 aromatic heterocycles. The fourth-order valence-electron chi connectivity index (χ4n) is 3.14. The van der Waals surface area contributed by atoms with Crippen LogP contribution in [0.3, 0.4) is 0 Å². The highest BCUT2D eigenvalue weighted by Gasteiger charge is 2.45. The summed E-state index contributed by atoms with van der Waals surface area (Å²) in [5.41, 5.74) is 2.10. The number of H-pyrrole nitrogens is 1. The first-order valence-corrected chi connectivity index (χ1v) is 7.49. The predicted molar refractivity (Wildman–Crippen MR) is 83.5 cm³/mol. The summed E-state index contributed by atoms with van der Waals surface area (Å²) < 4.78 is 15.5. The number of benzene rings is 1. The van der Waals surface area contributed by atoms with E-state index in [0.717, 1.165) is 11.1 Å². The van der Waals surface area contributed by atoms with Crippen molar-refractivity contribution in [2.24, 2.45) is 13.0 Å². The van der Waals surface area contributed by atoms with Crippen molar-refractivity contribution in [3.8, 4) is 0 Å². The van der Waals surface area contributed by atoms with Gasteiger partial charge in [-0.3, -0.25) is 9.89 Å². The minimum Gasteiger partial charge on any atom is -0.310 e. The summed E-state index contributed by atoms with van der Waals surface area (Å²) in [5.74, 6) is -0.0755. The number of aromatic amines is 1. The van der Waals surface area contributed by atoms with Crippen LogP contribution in [-0.2, 0) is 11.8 Å². The van der Waals surface area contributed by atoms with E-state index in [9.17, 15) is 9.18 Å². The first-order chi connectivity index (χ1) is 11.1. The minimum absolute atomic E-state index is 0.0513. The van der Waals surface area contributed by atoms with Gasteiger partial charge < -0.3 is 5.32 Å². The fraction of sp³-hybridized carbons (Fsp3) is 0.312. The number of aromatic nitrogens is 4. The van der Waals surface area contributed by atoms with Crippen LogP contribution in [0.4, 0.5) is 10.2 Å². The number of halogens is 1. The second kappa shape index (κ2) is 4.91. The normalized spacial score (nSPS) is 20.0. The van der Waals surface area contributed by atoms with Crippen molar-refractivity contribution in [1.82, 2.24) is 20.0 Å². The molecular weight excluding hydrogens is 297 g/mol. The van der Waals surface area contributed by atoms with E-state index in [1.165, 1.54) is 6.07 Å². The van der Waals surface area contributed by atoms with E-state index in [1.54, 1.807) is 29.9 Å². The third-order valence-electron chi connectivity index (χ3n) is 4.40. The van der Waals surface area contributed by atoms with Crippen LogP contribution in [0.25, 0.3) is 11.0 Å². The van der Waals surface area contributed by atoms with Gasteiger partial charge in [-0.15, -0.1) is 0 Å². The van der Waals surface area contributed by atoms with Crippen LogP contribution < -0.4 is 5.32 Å². The van der Waals surface area contributed by atoms with Crippen molar-refractivity contribution in [2.45, 2.75) is 19.3 Å². The number of fused-ring (bicyclic) bond motifs is 1. The lowest BCUT2D eigenvalue weighted by Crippen LogP contribution is -2.15. The number of nitrogens with one attached hydrogen (secondary N) is 2. The molecule has 1 aliphatic rings. The molecule has 0 spiro atoms. The Kier molecular flexibility index (Phi) is 2.97. The Morgan fingerprint density at radius 2 is 2.22 bits per heavy atom. The molecule has 1 fully saturated rings. The van der Waals surface area contributed by atoms with Crippen molar-refractivity contribution in [2.75, 3.05) is 5.32 Å². The van der Waals surface area contributed by atoms with Crippen LogP contribution in [0.15, 0.2) is 24.3 Å². The number of carbonyl (C=O) groups excluding carboxylic acids is 1. The Hall–Kier alpha value is -2.70. The zero-order valence-corrected chi connectivity index (χ0v) is 12.8. The van der Waals surface area contributed by atoms with Gasteiger partial charge in [-0.1, -0.05) is 18.2 Å². The number of amides is 1. The molecule has 0 aliphatic heterocycles. The van der Waals surface area contributed by atoms with Gasteiger partial charge in [-0.05, 0) is 30.9 Å². The van der Waals surface area contributed by atoms with Crippen molar-refractivity contribution in [3.63, 3.8) is 0 Å². The van der Waals surface area contributed by atoms with Crippen molar-refractivity contribution in [1.29, 1.82) is 0 Å². The predicted octanol–water partition coefficient (Wildman–Crippen LogP) is 2.49. The molecule has 2 atom stereocenters. The number of hydrogen-bond donors (Lipinski definition) is 2. The molecule has 0 bridgehead atoms. The molecule has 4 rings (SSSR count). The molecule has 1 saturated carbocycles. The average Bonchev–Trinajstić information content (AvgIpc) is 3.12. The lowest BCUT2D eigenvalue weighted by molar-refractivity contribution is -0.117. The standard InChI is InChI=1S/C16H16FN5O/c1-8-13-14(19-20-15(13)22(2)21-8)18-16(23)11-7-10(11)9-5-3-4-6-12(9)17/h3-6,10-11H,7H2,1-2H3,(H2,18,19,20,23). The zero-order chi connectivity index (χ0) is 16.1. The van der Waals surface area contributed by atoms with Gasteiger partial charge in [0.2, 0.25) is 5.91 Å². The summed E-state index contributed by atoms with van der Waals surface area (Å²) in [7, 11) is 1.80. The smallest absolute Gasteiger partial charge is 0.229 e. The van der Waals surface area contributed by atoms with Crippen molar-refractivity contribution in [3.05, 3.63) is 41.3 Å². The molecule has 1 aromatic carbocycles. The minimum atomic E-state index is -0.250. The highest BCUT2D eigenvalue weighted by molar-refractivity contribution is 6.02. The largest absolute Gasteiger partial charge is 0.310 e. The maximum absolute atomic E-state index is 13.8. The van der Waals surface area contributed by atoms with Crippen LogP contribution >= 0.6 is 0 Å². The summed E-state index contributed by atoms with van der Waals surface area (Å²) in [4.78, 5) is 12.4. The zero-order valence-electron chi connectivity index (χ0n) is 12.8. The van der Waals surface area contributed by atoms with Gasteiger partial charge in [0.15, 0.2) is 5.65 Å². The number of hydrogen-bond acceptors (Lipinski definition) is 3. The Bertz CT molecular complexity index is 912. The van der Waals surface area contributed by atoms with Crippen molar-refractivity contribution >= 4 is 22.8 Å². The molecule has 118 valence electrons. The van der Waals surface area contributed by atoms with E-state index in [4.69, 9.17) is 0 Å². The Morgan fingerprint density at radius 3 is 3.00 bits per heavy atom. The molecule has 0 saturated heterocycles. The first kappa shape index (κ1) is 13.9. The number of aryl methyl sites for hydroxylation is 2. The molecule has 1 amide bonds. The second-order valence-corrected chi connectivity index (χ2v) is 5.97. The van der Waals surface area contributed by atoms with Gasteiger partial charge >= 0.3 is 0 Å². The quantitative estimate of drug-likeness (QED) is 0.780. The highest BCUT2D eigenvalue weighted by atomic mass is 19.1. The number of carbonyl (C=O) groups is 1. The van der Waals surface area contributed by atoms with Crippen LogP contribution in [0.5, 0.6) is 0 Å². The Morgan fingerprint density at radius 1 is 1.43 bits per heavy atom. The average molecular weight is 313 g/mol. The van der Waals surface area contributed by atoms with Gasteiger partial charge in [-0.25, -0.2) is 9.07 Å². The number of anilines is 1. The van der Waals surface area contributed by atoms with Crippen molar-refractivity contribution < 1.29 is 9.18 Å². The fourth-order valence-corrected chi connectivity index (χ4v) is 3.14. The van der Waals surface area contributed by atoms with Crippen LogP contribution in [0.1, 0.15) is 23.6 Å². The van der Waals surface area contributed by atoms with Crippen LogP contribution in [0.2, 0.25) is 0 Å². The molecular formula is C16H16FN5O. The van der Waals surface area contributed by atoms with E-state index >= 15 is 0 Å². The van der Waals surface area contributed by atoms with Crippen LogP contribution in [-0.4, -0.2) is 25.9 Å². The summed E-state index contributed by atoms with van der Waals surface area (Å²) >= 11 is 0. The van der Waals surface area contributed by atoms with Gasteiger partial charge in [0.25, 0.3) is 0 Å². The molecule has 0 radical (unpaired) electrons. The summed E-state index contributed by atoms with van der Waals surface area (Å²) in [6, 6.07) is 6.62. The maximum atomic E-state index is 13.8. The first-order valence-electron chi connectivity index (χ1n) is 7.49. The topological polar surface area (TPSA) is 75.6 Å². The molecule has 2 N–H and O–H groups in total. The lowest BCUT2D eigenvalue weighted by atomic mass is 10.1. The number of nitrogens with zero attached hydrogens (tertiary/aromatic N) is 3. The van der Waals surface area contributed by atoms with Gasteiger partial charge in [0.1, 0.15) is 11.6 Å². The molecule has 2 heterocycles. The molecule has 23 heavy (non-hydrogen) atoms. The molecule has 7 heteroatoms. The SMILES string of the molecule is Cc1nn(C)c2n[nH]c(NC(=O)C3CC3c3ccccc3F)c12. The monoisotopic (exact) mass is 313 g/mol. The molecule has 2 unspecified atom stereocenters. The van der Waals surface area contributed by atoms with Gasteiger partial charge in [-0.2, -0.15) is 10.2 Å². The summed E-state index contributed by atoms with van der Waals surface area (Å²) in [5, 5.41) is 15.0. The van der Waals surface area contributed by atoms with Gasteiger partial charge in [0, 0.05) is 13.0 Å². The maximum Gasteiger partial charge on any atom is 0.229 e. The lowest BCUT2D eigenvalue weighted by Gasteiger charge is -2.04. The number of rotatable bonds is 3. The molecule has 6 nitrogen and oxygen atoms in total. The van der Waals surface area contributed by atoms with E-state index in [-0.39, 0.29) is 23.6 Å². The highest BCUT2D eigenvalue weighted by Crippen LogP contribution is 2.48. The van der Waals surface area contributed by atoms with Gasteiger partial charge in [0.05, 0.1) is 11.1 Å². The van der Waals surface area contributed by atoms with E-state index in [0.29, 0.717) is 23.4 Å². The van der Waals surface area contributed by atoms with E-state index in [1.807, 2.05) is 6.92 Å². The molecule has 3 aromatic rings. The Balaban J connectivity index is 1.54. The van der Waals surface area contributed by atoms with Crippen LogP contribution in [0, 0.1) is 18.7 Å². The second-order valence-electron chi connectivity index (χ2n) is 5.97.